The molecule has 4 nitrogen and oxygen atoms in total. The van der Waals surface area contributed by atoms with Crippen LogP contribution in [0.4, 0.5) is 0 Å². The largest absolute Gasteiger partial charge is 0.497 e. The van der Waals surface area contributed by atoms with Crippen molar-refractivity contribution in [1.29, 1.82) is 0 Å². The van der Waals surface area contributed by atoms with Crippen LogP contribution in [0.3, 0.4) is 0 Å². The van der Waals surface area contributed by atoms with Gasteiger partial charge in [0.25, 0.3) is 0 Å². The number of hydrogen-bond donors (Lipinski definition) is 2. The van der Waals surface area contributed by atoms with Gasteiger partial charge in [-0.3, -0.25) is 4.79 Å². The molecule has 4 heteroatoms. The first-order chi connectivity index (χ1) is 10.7. The van der Waals surface area contributed by atoms with Gasteiger partial charge < -0.3 is 15.4 Å². The summed E-state index contributed by atoms with van der Waals surface area (Å²) in [5.41, 5.74) is 1.12. The van der Waals surface area contributed by atoms with Crippen LogP contribution in [0.15, 0.2) is 36.4 Å². The Bertz CT molecular complexity index is 684. The SMILES string of the molecule is COc1ccc2cc(CNC(=O)[C@@H]3CNC[C@H]3C)ccc2c1. The summed E-state index contributed by atoms with van der Waals surface area (Å²) >= 11 is 0. The summed E-state index contributed by atoms with van der Waals surface area (Å²) < 4.78 is 5.24. The number of carbonyl (C=O) groups is 1. The third kappa shape index (κ3) is 3.07. The van der Waals surface area contributed by atoms with E-state index in [1.54, 1.807) is 7.11 Å². The number of ether oxygens (including phenoxy) is 1. The van der Waals surface area contributed by atoms with Gasteiger partial charge in [-0.2, -0.15) is 0 Å². The van der Waals surface area contributed by atoms with Crippen molar-refractivity contribution < 1.29 is 9.53 Å². The van der Waals surface area contributed by atoms with E-state index in [2.05, 4.69) is 35.8 Å². The summed E-state index contributed by atoms with van der Waals surface area (Å²) in [7, 11) is 1.67. The van der Waals surface area contributed by atoms with Gasteiger partial charge in [-0.05, 0) is 47.0 Å². The molecule has 2 atom stereocenters. The highest BCUT2D eigenvalue weighted by atomic mass is 16.5. The minimum atomic E-state index is 0.0877. The van der Waals surface area contributed by atoms with Crippen molar-refractivity contribution >= 4 is 16.7 Å². The van der Waals surface area contributed by atoms with Crippen molar-refractivity contribution in [3.8, 4) is 5.75 Å². The number of benzene rings is 2. The van der Waals surface area contributed by atoms with E-state index in [1.165, 1.54) is 0 Å². The number of hydrogen-bond acceptors (Lipinski definition) is 3. The van der Waals surface area contributed by atoms with Crippen LogP contribution in [-0.2, 0) is 11.3 Å². The smallest absolute Gasteiger partial charge is 0.224 e. The topological polar surface area (TPSA) is 50.4 Å². The second kappa shape index (κ2) is 6.36. The molecule has 0 aliphatic carbocycles. The second-order valence-corrected chi connectivity index (χ2v) is 6.01. The van der Waals surface area contributed by atoms with E-state index in [-0.39, 0.29) is 11.8 Å². The molecule has 0 spiro atoms. The Kier molecular flexibility index (Phi) is 4.29. The van der Waals surface area contributed by atoms with E-state index >= 15 is 0 Å². The van der Waals surface area contributed by atoms with Crippen LogP contribution in [0.1, 0.15) is 12.5 Å². The molecule has 3 rings (SSSR count). The van der Waals surface area contributed by atoms with Gasteiger partial charge in [0, 0.05) is 13.1 Å². The van der Waals surface area contributed by atoms with E-state index in [9.17, 15) is 4.79 Å². The third-order valence-electron chi connectivity index (χ3n) is 4.43. The quantitative estimate of drug-likeness (QED) is 0.911. The molecule has 1 amide bonds. The monoisotopic (exact) mass is 298 g/mol. The lowest BCUT2D eigenvalue weighted by Gasteiger charge is -2.14. The molecule has 116 valence electrons. The Labute approximate surface area is 130 Å². The lowest BCUT2D eigenvalue weighted by atomic mass is 9.97. The molecule has 1 heterocycles. The Morgan fingerprint density at radius 3 is 2.73 bits per heavy atom. The maximum atomic E-state index is 12.2. The Morgan fingerprint density at radius 2 is 2.00 bits per heavy atom. The normalized spacial score (nSPS) is 21.0. The first kappa shape index (κ1) is 14.9. The Hall–Kier alpha value is -2.07. The molecule has 0 saturated carbocycles. The van der Waals surface area contributed by atoms with E-state index in [1.807, 2.05) is 18.2 Å². The van der Waals surface area contributed by atoms with Crippen LogP contribution in [0.2, 0.25) is 0 Å². The first-order valence-electron chi connectivity index (χ1n) is 7.72. The van der Waals surface area contributed by atoms with Crippen LogP contribution in [0, 0.1) is 11.8 Å². The van der Waals surface area contributed by atoms with Crippen molar-refractivity contribution in [3.63, 3.8) is 0 Å². The summed E-state index contributed by atoms with van der Waals surface area (Å²) in [5.74, 6) is 1.50. The van der Waals surface area contributed by atoms with Crippen LogP contribution >= 0.6 is 0 Å². The number of rotatable bonds is 4. The molecule has 1 aliphatic rings. The first-order valence-corrected chi connectivity index (χ1v) is 7.72. The average molecular weight is 298 g/mol. The zero-order chi connectivity index (χ0) is 15.5. The molecular formula is C18H22N2O2. The van der Waals surface area contributed by atoms with Gasteiger partial charge >= 0.3 is 0 Å². The number of methoxy groups -OCH3 is 1. The van der Waals surface area contributed by atoms with Gasteiger partial charge in [0.2, 0.25) is 5.91 Å². The van der Waals surface area contributed by atoms with Crippen LogP contribution < -0.4 is 15.4 Å². The van der Waals surface area contributed by atoms with Crippen molar-refractivity contribution in [2.24, 2.45) is 11.8 Å². The lowest BCUT2D eigenvalue weighted by Crippen LogP contribution is -2.33. The molecular weight excluding hydrogens is 276 g/mol. The number of carbonyl (C=O) groups excluding carboxylic acids is 1. The summed E-state index contributed by atoms with van der Waals surface area (Å²) in [6.07, 6.45) is 0. The minimum Gasteiger partial charge on any atom is -0.497 e. The van der Waals surface area contributed by atoms with Gasteiger partial charge in [0.1, 0.15) is 5.75 Å². The van der Waals surface area contributed by atoms with Gasteiger partial charge in [-0.15, -0.1) is 0 Å². The summed E-state index contributed by atoms with van der Waals surface area (Å²) in [5, 5.41) is 8.62. The molecule has 1 aliphatic heterocycles. The fourth-order valence-electron chi connectivity index (χ4n) is 2.99. The molecule has 22 heavy (non-hydrogen) atoms. The fraction of sp³-hybridized carbons (Fsp3) is 0.389. The summed E-state index contributed by atoms with van der Waals surface area (Å²) in [4.78, 5) is 12.2. The molecule has 2 aromatic carbocycles. The number of nitrogens with one attached hydrogen (secondary N) is 2. The van der Waals surface area contributed by atoms with Gasteiger partial charge in [-0.25, -0.2) is 0 Å². The zero-order valence-electron chi connectivity index (χ0n) is 13.1. The molecule has 0 aromatic heterocycles. The lowest BCUT2D eigenvalue weighted by molar-refractivity contribution is -0.125. The molecule has 1 fully saturated rings. The van der Waals surface area contributed by atoms with Crippen molar-refractivity contribution in [3.05, 3.63) is 42.0 Å². The molecule has 2 aromatic rings. The summed E-state index contributed by atoms with van der Waals surface area (Å²) in [6, 6.07) is 12.3. The molecule has 0 unspecified atom stereocenters. The maximum absolute atomic E-state index is 12.2. The number of amides is 1. The fourth-order valence-corrected chi connectivity index (χ4v) is 2.99. The maximum Gasteiger partial charge on any atom is 0.224 e. The highest BCUT2D eigenvalue weighted by molar-refractivity contribution is 5.85. The predicted octanol–water partition coefficient (Wildman–Crippen LogP) is 2.32. The van der Waals surface area contributed by atoms with Crippen LogP contribution in [0.5, 0.6) is 5.75 Å². The highest BCUT2D eigenvalue weighted by Crippen LogP contribution is 2.22. The average Bonchev–Trinajstić information content (AvgIpc) is 2.98. The third-order valence-corrected chi connectivity index (χ3v) is 4.43. The van der Waals surface area contributed by atoms with Crippen molar-refractivity contribution in [1.82, 2.24) is 10.6 Å². The van der Waals surface area contributed by atoms with Crippen molar-refractivity contribution in [2.75, 3.05) is 20.2 Å². The molecule has 2 N–H and O–H groups in total. The Morgan fingerprint density at radius 1 is 1.23 bits per heavy atom. The second-order valence-electron chi connectivity index (χ2n) is 6.01. The van der Waals surface area contributed by atoms with Crippen LogP contribution in [0.25, 0.3) is 10.8 Å². The van der Waals surface area contributed by atoms with E-state index < -0.39 is 0 Å². The molecule has 0 radical (unpaired) electrons. The van der Waals surface area contributed by atoms with Gasteiger partial charge in [0.05, 0.1) is 13.0 Å². The van der Waals surface area contributed by atoms with Crippen molar-refractivity contribution in [2.45, 2.75) is 13.5 Å². The highest BCUT2D eigenvalue weighted by Gasteiger charge is 2.29. The molecule has 0 bridgehead atoms. The molecule has 1 saturated heterocycles. The van der Waals surface area contributed by atoms with Gasteiger partial charge in [0.15, 0.2) is 0 Å². The zero-order valence-corrected chi connectivity index (χ0v) is 13.1. The predicted molar refractivity (Wildman–Crippen MR) is 87.9 cm³/mol. The Balaban J connectivity index is 1.67. The van der Waals surface area contributed by atoms with E-state index in [0.717, 1.165) is 35.2 Å². The van der Waals surface area contributed by atoms with E-state index in [0.29, 0.717) is 12.5 Å². The number of fused-ring (bicyclic) bond motifs is 1. The standard InChI is InChI=1S/C18H22N2O2/c1-12-9-19-11-17(12)18(21)20-10-13-3-4-15-8-16(22-2)6-5-14(15)7-13/h3-8,12,17,19H,9-11H2,1-2H3,(H,20,21)/t12-,17-/m1/s1. The van der Waals surface area contributed by atoms with E-state index in [4.69, 9.17) is 4.74 Å². The summed E-state index contributed by atoms with van der Waals surface area (Å²) in [6.45, 7) is 4.40. The minimum absolute atomic E-state index is 0.0877. The van der Waals surface area contributed by atoms with Gasteiger partial charge in [-0.1, -0.05) is 25.1 Å². The van der Waals surface area contributed by atoms with Crippen LogP contribution in [-0.4, -0.2) is 26.1 Å².